The summed E-state index contributed by atoms with van der Waals surface area (Å²) in [5, 5.41) is 7.22. The van der Waals surface area contributed by atoms with Crippen LogP contribution in [0, 0.1) is 12.7 Å². The molecule has 7 heteroatoms. The van der Waals surface area contributed by atoms with Crippen LogP contribution >= 0.6 is 0 Å². The van der Waals surface area contributed by atoms with Crippen LogP contribution in [0.4, 0.5) is 14.5 Å². The van der Waals surface area contributed by atoms with Gasteiger partial charge < -0.3 is 19.7 Å². The Balaban J connectivity index is 1.32. The van der Waals surface area contributed by atoms with Gasteiger partial charge in [-0.15, -0.1) is 0 Å². The van der Waals surface area contributed by atoms with Crippen LogP contribution in [0.2, 0.25) is 0 Å². The first-order chi connectivity index (χ1) is 15.0. The number of likely N-dealkylation sites (tertiary alicyclic amines) is 1. The highest BCUT2D eigenvalue weighted by atomic mass is 19.1. The number of benzene rings is 1. The molecule has 1 aromatic heterocycles. The number of hydrogen-bond acceptors (Lipinski definition) is 4. The van der Waals surface area contributed by atoms with Crippen molar-refractivity contribution in [1.82, 2.24) is 20.1 Å². The summed E-state index contributed by atoms with van der Waals surface area (Å²) in [6, 6.07) is 4.28. The Morgan fingerprint density at radius 3 is 2.61 bits per heavy atom. The van der Waals surface area contributed by atoms with Crippen LogP contribution in [0.5, 0.6) is 0 Å². The van der Waals surface area contributed by atoms with Gasteiger partial charge in [-0.1, -0.05) is 6.08 Å². The van der Waals surface area contributed by atoms with Crippen LogP contribution < -0.4 is 15.5 Å². The standard InChI is InChI=1S/C24H33F2N5/c1-18-15-31(19-5-13-29(14-6-19)16-24(26)7-10-27-11-8-24)20-3-4-21(23(25)22(18)20)30-12-2-9-28-17-30/h2-4,12,15,19,27-28H,5-11,13-14,16-17H2,1H3. The fourth-order valence-corrected chi connectivity index (χ4v) is 5.47. The number of aromatic nitrogens is 1. The van der Waals surface area contributed by atoms with E-state index in [1.54, 1.807) is 0 Å². The second-order valence-corrected chi connectivity index (χ2v) is 9.39. The van der Waals surface area contributed by atoms with E-state index < -0.39 is 5.67 Å². The molecule has 0 bridgehead atoms. The number of nitrogens with one attached hydrogen (secondary N) is 2. The van der Waals surface area contributed by atoms with Gasteiger partial charge in [0.1, 0.15) is 5.67 Å². The Bertz CT molecular complexity index is 955. The van der Waals surface area contributed by atoms with E-state index in [1.807, 2.05) is 30.2 Å². The van der Waals surface area contributed by atoms with Crippen molar-refractivity contribution >= 4 is 16.6 Å². The molecule has 5 rings (SSSR count). The van der Waals surface area contributed by atoms with Crippen molar-refractivity contribution in [1.29, 1.82) is 0 Å². The zero-order valence-corrected chi connectivity index (χ0v) is 18.3. The van der Waals surface area contributed by atoms with Crippen molar-refractivity contribution in [3.63, 3.8) is 0 Å². The summed E-state index contributed by atoms with van der Waals surface area (Å²) >= 11 is 0. The molecule has 2 saturated heterocycles. The average Bonchev–Trinajstić information content (AvgIpc) is 3.12. The number of anilines is 1. The van der Waals surface area contributed by atoms with Crippen molar-refractivity contribution in [3.05, 3.63) is 42.0 Å². The lowest BCUT2D eigenvalue weighted by atomic mass is 9.92. The summed E-state index contributed by atoms with van der Waals surface area (Å²) in [5.41, 5.74) is 1.50. The molecule has 31 heavy (non-hydrogen) atoms. The first-order valence-corrected chi connectivity index (χ1v) is 11.6. The molecular formula is C24H33F2N5. The van der Waals surface area contributed by atoms with Crippen LogP contribution in [0.15, 0.2) is 30.6 Å². The van der Waals surface area contributed by atoms with Crippen LogP contribution in [-0.4, -0.2) is 61.1 Å². The SMILES string of the molecule is Cc1cn(C2CCN(CC3(F)CCNCC3)CC2)c2ccc(N3C=CCNC3)c(F)c12. The number of piperidine rings is 2. The zero-order chi connectivity index (χ0) is 21.4. The topological polar surface area (TPSA) is 35.5 Å². The second kappa shape index (κ2) is 8.52. The second-order valence-electron chi connectivity index (χ2n) is 9.39. The van der Waals surface area contributed by atoms with Crippen molar-refractivity contribution in [2.75, 3.05) is 50.8 Å². The van der Waals surface area contributed by atoms with Crippen LogP contribution in [-0.2, 0) is 0 Å². The van der Waals surface area contributed by atoms with Crippen LogP contribution in [0.25, 0.3) is 10.9 Å². The highest BCUT2D eigenvalue weighted by molar-refractivity contribution is 5.88. The Kier molecular flexibility index (Phi) is 5.75. The fraction of sp³-hybridized carbons (Fsp3) is 0.583. The van der Waals surface area contributed by atoms with E-state index in [2.05, 4.69) is 32.4 Å². The van der Waals surface area contributed by atoms with Gasteiger partial charge in [0.2, 0.25) is 0 Å². The number of rotatable bonds is 4. The van der Waals surface area contributed by atoms with Gasteiger partial charge in [0.25, 0.3) is 0 Å². The van der Waals surface area contributed by atoms with Gasteiger partial charge in [-0.2, -0.15) is 0 Å². The molecule has 5 nitrogen and oxygen atoms in total. The third-order valence-electron chi connectivity index (χ3n) is 7.20. The molecule has 4 heterocycles. The summed E-state index contributed by atoms with van der Waals surface area (Å²) < 4.78 is 32.8. The fourth-order valence-electron chi connectivity index (χ4n) is 5.47. The minimum Gasteiger partial charge on any atom is -0.344 e. The van der Waals surface area contributed by atoms with E-state index >= 15 is 8.78 Å². The summed E-state index contributed by atoms with van der Waals surface area (Å²) in [6.07, 6.45) is 9.22. The maximum absolute atomic E-state index is 15.5. The molecule has 2 fully saturated rings. The van der Waals surface area contributed by atoms with Gasteiger partial charge in [0.15, 0.2) is 5.82 Å². The van der Waals surface area contributed by atoms with E-state index in [9.17, 15) is 0 Å². The molecule has 0 spiro atoms. The first-order valence-electron chi connectivity index (χ1n) is 11.6. The normalized spacial score (nSPS) is 23.0. The molecule has 0 radical (unpaired) electrons. The smallest absolute Gasteiger partial charge is 0.156 e. The van der Waals surface area contributed by atoms with Gasteiger partial charge in [-0.25, -0.2) is 8.78 Å². The summed E-state index contributed by atoms with van der Waals surface area (Å²) in [7, 11) is 0. The predicted octanol–water partition coefficient (Wildman–Crippen LogP) is 3.70. The molecule has 2 aromatic rings. The average molecular weight is 430 g/mol. The minimum atomic E-state index is -1.05. The lowest BCUT2D eigenvalue weighted by Crippen LogP contribution is -2.48. The zero-order valence-electron chi connectivity index (χ0n) is 18.3. The van der Waals surface area contributed by atoms with E-state index in [-0.39, 0.29) is 5.82 Å². The Morgan fingerprint density at radius 1 is 1.13 bits per heavy atom. The largest absolute Gasteiger partial charge is 0.344 e. The molecule has 0 aliphatic carbocycles. The molecule has 168 valence electrons. The summed E-state index contributed by atoms with van der Waals surface area (Å²) in [4.78, 5) is 4.20. The quantitative estimate of drug-likeness (QED) is 0.777. The number of fused-ring (bicyclic) bond motifs is 1. The Morgan fingerprint density at radius 2 is 1.90 bits per heavy atom. The lowest BCUT2D eigenvalue weighted by molar-refractivity contribution is 0.0472. The van der Waals surface area contributed by atoms with Crippen LogP contribution in [0.3, 0.4) is 0 Å². The summed E-state index contributed by atoms with van der Waals surface area (Å²) in [5.74, 6) is -0.148. The maximum Gasteiger partial charge on any atom is 0.156 e. The number of alkyl halides is 1. The van der Waals surface area contributed by atoms with E-state index in [1.165, 1.54) is 0 Å². The van der Waals surface area contributed by atoms with Crippen molar-refractivity contribution in [2.24, 2.45) is 0 Å². The van der Waals surface area contributed by atoms with Crippen molar-refractivity contribution < 1.29 is 8.78 Å². The molecule has 0 unspecified atom stereocenters. The lowest BCUT2D eigenvalue weighted by Gasteiger charge is -2.39. The molecule has 0 amide bonds. The number of nitrogens with zero attached hydrogens (tertiary/aromatic N) is 3. The van der Waals surface area contributed by atoms with Gasteiger partial charge in [0, 0.05) is 50.0 Å². The minimum absolute atomic E-state index is 0.148. The number of aryl methyl sites for hydroxylation is 1. The third-order valence-corrected chi connectivity index (χ3v) is 7.20. The highest BCUT2D eigenvalue weighted by Crippen LogP contribution is 2.36. The molecular weight excluding hydrogens is 396 g/mol. The third kappa shape index (κ3) is 4.11. The molecule has 3 aliphatic rings. The van der Waals surface area contributed by atoms with Gasteiger partial charge >= 0.3 is 0 Å². The molecule has 1 aromatic carbocycles. The van der Waals surface area contributed by atoms with Crippen LogP contribution in [0.1, 0.15) is 37.3 Å². The van der Waals surface area contributed by atoms with E-state index in [0.29, 0.717) is 37.8 Å². The van der Waals surface area contributed by atoms with Crippen molar-refractivity contribution in [3.8, 4) is 0 Å². The van der Waals surface area contributed by atoms with E-state index in [0.717, 1.165) is 62.0 Å². The molecule has 2 N–H and O–H groups in total. The first kappa shape index (κ1) is 20.9. The number of hydrogen-bond donors (Lipinski definition) is 2. The number of halogens is 2. The van der Waals surface area contributed by atoms with Gasteiger partial charge in [0.05, 0.1) is 17.9 Å². The maximum atomic E-state index is 15.5. The molecule has 3 aliphatic heterocycles. The Hall–Kier alpha value is -1.96. The van der Waals surface area contributed by atoms with Gasteiger partial charge in [-0.05, 0) is 63.4 Å². The molecule has 0 saturated carbocycles. The van der Waals surface area contributed by atoms with Gasteiger partial charge in [-0.3, -0.25) is 5.32 Å². The highest BCUT2D eigenvalue weighted by Gasteiger charge is 2.35. The molecule has 0 atom stereocenters. The summed E-state index contributed by atoms with van der Waals surface area (Å²) in [6.45, 7) is 7.31. The van der Waals surface area contributed by atoms with E-state index in [4.69, 9.17) is 0 Å². The van der Waals surface area contributed by atoms with Crippen molar-refractivity contribution in [2.45, 2.75) is 44.3 Å². The predicted molar refractivity (Wildman–Crippen MR) is 122 cm³/mol. The Labute approximate surface area is 183 Å². The monoisotopic (exact) mass is 429 g/mol.